The van der Waals surface area contributed by atoms with Crippen LogP contribution in [0.25, 0.3) is 0 Å². The number of nitrogens with one attached hydrogen (secondary N) is 2. The topological polar surface area (TPSA) is 41.1 Å². The molecule has 2 rings (SSSR count). The minimum atomic E-state index is -4.40. The molecule has 124 valence electrons. The van der Waals surface area contributed by atoms with Crippen LogP contribution in [0.1, 0.15) is 29.0 Å². The van der Waals surface area contributed by atoms with Gasteiger partial charge in [-0.1, -0.05) is 12.1 Å². The second kappa shape index (κ2) is 7.35. The van der Waals surface area contributed by atoms with E-state index < -0.39 is 23.8 Å². The summed E-state index contributed by atoms with van der Waals surface area (Å²) in [5, 5.41) is 7.21. The molecule has 2 amide bonds. The fraction of sp³-hybridized carbons (Fsp3) is 0.267. The van der Waals surface area contributed by atoms with Crippen molar-refractivity contribution >= 4 is 33.3 Å². The van der Waals surface area contributed by atoms with Crippen molar-refractivity contribution in [2.24, 2.45) is 0 Å². The molecular weight excluding hydrogens is 393 g/mol. The summed E-state index contributed by atoms with van der Waals surface area (Å²) in [7, 11) is 0. The number of thiophene rings is 1. The van der Waals surface area contributed by atoms with E-state index in [0.717, 1.165) is 21.5 Å². The van der Waals surface area contributed by atoms with Crippen LogP contribution in [0.4, 0.5) is 18.0 Å². The third-order valence-corrected chi connectivity index (χ3v) is 4.80. The maximum atomic E-state index is 12.7. The van der Waals surface area contributed by atoms with E-state index in [1.807, 2.05) is 11.4 Å². The van der Waals surface area contributed by atoms with Gasteiger partial charge in [0.05, 0.1) is 18.2 Å². The van der Waals surface area contributed by atoms with Crippen LogP contribution < -0.4 is 10.6 Å². The molecule has 1 aromatic carbocycles. The van der Waals surface area contributed by atoms with E-state index in [1.165, 1.54) is 17.4 Å². The van der Waals surface area contributed by atoms with Gasteiger partial charge in [-0.3, -0.25) is 0 Å². The lowest BCUT2D eigenvalue weighted by Gasteiger charge is -2.16. The van der Waals surface area contributed by atoms with Gasteiger partial charge < -0.3 is 10.6 Å². The number of carbonyl (C=O) groups is 1. The Bertz CT molecular complexity index is 687. The molecule has 1 heterocycles. The minimum absolute atomic E-state index is 0.359. The number of amides is 2. The predicted molar refractivity (Wildman–Crippen MR) is 87.2 cm³/mol. The van der Waals surface area contributed by atoms with Gasteiger partial charge in [0.1, 0.15) is 0 Å². The summed E-state index contributed by atoms with van der Waals surface area (Å²) in [4.78, 5) is 12.8. The molecule has 0 saturated heterocycles. The molecular formula is C15H14BrF3N2OS. The molecule has 0 saturated carbocycles. The first-order valence-corrected chi connectivity index (χ1v) is 8.37. The minimum Gasteiger partial charge on any atom is -0.333 e. The SMILES string of the molecule is CC(NC(=O)NCc1cc(Br)cs1)c1cccc(C(F)(F)F)c1. The maximum Gasteiger partial charge on any atom is 0.416 e. The number of benzene rings is 1. The van der Waals surface area contributed by atoms with Crippen molar-refractivity contribution in [3.05, 3.63) is 56.2 Å². The smallest absolute Gasteiger partial charge is 0.333 e. The summed E-state index contributed by atoms with van der Waals surface area (Å²) in [6, 6.07) is 5.85. The Hall–Kier alpha value is -1.54. The van der Waals surface area contributed by atoms with Gasteiger partial charge in [0.2, 0.25) is 0 Å². The number of urea groups is 1. The van der Waals surface area contributed by atoms with Crippen molar-refractivity contribution in [2.75, 3.05) is 0 Å². The lowest BCUT2D eigenvalue weighted by Crippen LogP contribution is -2.36. The fourth-order valence-electron chi connectivity index (χ4n) is 1.93. The molecule has 0 aliphatic carbocycles. The maximum absolute atomic E-state index is 12.7. The highest BCUT2D eigenvalue weighted by Gasteiger charge is 2.30. The van der Waals surface area contributed by atoms with Gasteiger partial charge >= 0.3 is 12.2 Å². The van der Waals surface area contributed by atoms with Gasteiger partial charge in [0.25, 0.3) is 0 Å². The van der Waals surface area contributed by atoms with Gasteiger partial charge in [-0.15, -0.1) is 11.3 Å². The number of rotatable bonds is 4. The van der Waals surface area contributed by atoms with E-state index in [1.54, 1.807) is 13.0 Å². The molecule has 23 heavy (non-hydrogen) atoms. The van der Waals surface area contributed by atoms with Crippen molar-refractivity contribution in [1.82, 2.24) is 10.6 Å². The largest absolute Gasteiger partial charge is 0.416 e. The van der Waals surface area contributed by atoms with Crippen molar-refractivity contribution < 1.29 is 18.0 Å². The number of alkyl halides is 3. The third-order valence-electron chi connectivity index (χ3n) is 3.11. The number of halogens is 4. The van der Waals surface area contributed by atoms with Crippen molar-refractivity contribution in [1.29, 1.82) is 0 Å². The van der Waals surface area contributed by atoms with Gasteiger partial charge in [-0.05, 0) is 46.6 Å². The average molecular weight is 407 g/mol. The second-order valence-electron chi connectivity index (χ2n) is 4.90. The molecule has 3 nitrogen and oxygen atoms in total. The molecule has 8 heteroatoms. The fourth-order valence-corrected chi connectivity index (χ4v) is 3.32. The third kappa shape index (κ3) is 5.24. The molecule has 1 unspecified atom stereocenters. The Morgan fingerprint density at radius 2 is 2.09 bits per heavy atom. The summed E-state index contributed by atoms with van der Waals surface area (Å²) in [6.07, 6.45) is -4.40. The van der Waals surface area contributed by atoms with Crippen molar-refractivity contribution in [3.63, 3.8) is 0 Å². The monoisotopic (exact) mass is 406 g/mol. The lowest BCUT2D eigenvalue weighted by atomic mass is 10.1. The number of carbonyl (C=O) groups excluding carboxylic acids is 1. The average Bonchev–Trinajstić information content (AvgIpc) is 2.90. The Morgan fingerprint density at radius 3 is 2.70 bits per heavy atom. The number of hydrogen-bond acceptors (Lipinski definition) is 2. The Morgan fingerprint density at radius 1 is 1.35 bits per heavy atom. The van der Waals surface area contributed by atoms with Crippen LogP contribution >= 0.6 is 27.3 Å². The first kappa shape index (κ1) is 17.8. The van der Waals surface area contributed by atoms with Crippen LogP contribution in [-0.2, 0) is 12.7 Å². The van der Waals surface area contributed by atoms with Crippen LogP contribution in [0.2, 0.25) is 0 Å². The first-order chi connectivity index (χ1) is 10.8. The van der Waals surface area contributed by atoms with Gasteiger partial charge in [-0.25, -0.2) is 4.79 Å². The van der Waals surface area contributed by atoms with E-state index in [2.05, 4.69) is 26.6 Å². The summed E-state index contributed by atoms with van der Waals surface area (Å²) < 4.78 is 39.0. The van der Waals surface area contributed by atoms with Crippen LogP contribution in [0.5, 0.6) is 0 Å². The molecule has 0 aliphatic rings. The summed E-state index contributed by atoms with van der Waals surface area (Å²) in [5.41, 5.74) is -0.332. The Labute approximate surface area is 144 Å². The molecule has 0 fully saturated rings. The molecule has 0 bridgehead atoms. The molecule has 0 radical (unpaired) electrons. The zero-order valence-electron chi connectivity index (χ0n) is 12.1. The molecule has 2 aromatic rings. The standard InChI is InChI=1S/C15H14BrF3N2OS/c1-9(10-3-2-4-11(5-10)15(17,18)19)21-14(22)20-7-13-6-12(16)8-23-13/h2-6,8-9H,7H2,1H3,(H2,20,21,22). The molecule has 1 atom stereocenters. The molecule has 0 spiro atoms. The van der Waals surface area contributed by atoms with Gasteiger partial charge in [-0.2, -0.15) is 13.2 Å². The molecule has 0 aliphatic heterocycles. The normalized spacial score (nSPS) is 12.7. The summed E-state index contributed by atoms with van der Waals surface area (Å²) >= 11 is 4.82. The second-order valence-corrected chi connectivity index (χ2v) is 6.81. The first-order valence-electron chi connectivity index (χ1n) is 6.70. The van der Waals surface area contributed by atoms with Crippen LogP contribution in [0, 0.1) is 0 Å². The van der Waals surface area contributed by atoms with Crippen LogP contribution in [0.3, 0.4) is 0 Å². The zero-order valence-corrected chi connectivity index (χ0v) is 14.5. The zero-order chi connectivity index (χ0) is 17.0. The van der Waals surface area contributed by atoms with Crippen molar-refractivity contribution in [3.8, 4) is 0 Å². The Kier molecular flexibility index (Phi) is 5.69. The van der Waals surface area contributed by atoms with E-state index in [9.17, 15) is 18.0 Å². The quantitative estimate of drug-likeness (QED) is 0.729. The van der Waals surface area contributed by atoms with E-state index in [4.69, 9.17) is 0 Å². The van der Waals surface area contributed by atoms with Crippen LogP contribution in [0.15, 0.2) is 40.2 Å². The van der Waals surface area contributed by atoms with E-state index in [0.29, 0.717) is 12.1 Å². The lowest BCUT2D eigenvalue weighted by molar-refractivity contribution is -0.137. The summed E-state index contributed by atoms with van der Waals surface area (Å²) in [5.74, 6) is 0. The predicted octanol–water partition coefficient (Wildman–Crippen LogP) is 5.09. The number of hydrogen-bond donors (Lipinski definition) is 2. The van der Waals surface area contributed by atoms with Crippen molar-refractivity contribution in [2.45, 2.75) is 25.7 Å². The molecule has 1 aromatic heterocycles. The van der Waals surface area contributed by atoms with E-state index >= 15 is 0 Å². The summed E-state index contributed by atoms with van der Waals surface area (Å²) in [6.45, 7) is 1.99. The van der Waals surface area contributed by atoms with Crippen LogP contribution in [-0.4, -0.2) is 6.03 Å². The highest BCUT2D eigenvalue weighted by Crippen LogP contribution is 2.30. The molecule has 2 N–H and O–H groups in total. The van der Waals surface area contributed by atoms with Gasteiger partial charge in [0.15, 0.2) is 0 Å². The highest BCUT2D eigenvalue weighted by molar-refractivity contribution is 9.10. The van der Waals surface area contributed by atoms with Gasteiger partial charge in [0, 0.05) is 14.7 Å². The Balaban J connectivity index is 1.93. The highest BCUT2D eigenvalue weighted by atomic mass is 79.9. The van der Waals surface area contributed by atoms with E-state index in [-0.39, 0.29) is 0 Å².